The van der Waals surface area contributed by atoms with E-state index in [-0.39, 0.29) is 11.8 Å². The molecule has 0 spiro atoms. The van der Waals surface area contributed by atoms with Crippen LogP contribution >= 0.6 is 23.4 Å². The van der Waals surface area contributed by atoms with Crippen LogP contribution in [0.15, 0.2) is 58.3 Å². The highest BCUT2D eigenvalue weighted by molar-refractivity contribution is 7.99. The predicted molar refractivity (Wildman–Crippen MR) is 121 cm³/mol. The molecule has 2 amide bonds. The first kappa shape index (κ1) is 22.2. The van der Waals surface area contributed by atoms with E-state index in [4.69, 9.17) is 16.3 Å². The Morgan fingerprint density at radius 3 is 2.87 bits per heavy atom. The molecule has 1 fully saturated rings. The number of hydrogen-bond donors (Lipinski definition) is 1. The van der Waals surface area contributed by atoms with Gasteiger partial charge in [-0.25, -0.2) is 0 Å². The van der Waals surface area contributed by atoms with Crippen LogP contribution in [0.25, 0.3) is 6.08 Å². The number of benzene rings is 2. The lowest BCUT2D eigenvalue weighted by Crippen LogP contribution is -2.29. The van der Waals surface area contributed by atoms with Crippen molar-refractivity contribution in [1.29, 1.82) is 0 Å². The zero-order valence-corrected chi connectivity index (χ0v) is 18.5. The second-order valence-electron chi connectivity index (χ2n) is 6.90. The van der Waals surface area contributed by atoms with Crippen molar-refractivity contribution in [2.45, 2.75) is 29.1 Å². The van der Waals surface area contributed by atoms with Crippen LogP contribution in [-0.2, 0) is 9.59 Å². The molecule has 1 saturated heterocycles. The maximum absolute atomic E-state index is 12.0. The zero-order valence-electron chi connectivity index (χ0n) is 16.9. The molecule has 0 saturated carbocycles. The minimum absolute atomic E-state index is 0.175. The van der Waals surface area contributed by atoms with Crippen LogP contribution < -0.4 is 10.1 Å². The number of nitrogens with one attached hydrogen (secondary N) is 1. The summed E-state index contributed by atoms with van der Waals surface area (Å²) in [7, 11) is 1.65. The molecule has 1 heterocycles. The average molecular weight is 445 g/mol. The molecule has 0 aromatic heterocycles. The minimum atomic E-state index is -0.175. The maximum atomic E-state index is 12.0. The van der Waals surface area contributed by atoms with Crippen molar-refractivity contribution in [3.63, 3.8) is 0 Å². The molecule has 158 valence electrons. The Bertz CT molecular complexity index is 932. The molecule has 1 aliphatic heterocycles. The molecule has 0 atom stereocenters. The summed E-state index contributed by atoms with van der Waals surface area (Å²) < 4.78 is 5.38. The van der Waals surface area contributed by atoms with E-state index in [9.17, 15) is 9.59 Å². The third-order valence-electron chi connectivity index (χ3n) is 4.76. The fourth-order valence-electron chi connectivity index (χ4n) is 3.18. The van der Waals surface area contributed by atoms with E-state index in [1.165, 1.54) is 6.08 Å². The molecule has 1 aliphatic rings. The van der Waals surface area contributed by atoms with Crippen LogP contribution in [0.1, 0.15) is 24.8 Å². The summed E-state index contributed by atoms with van der Waals surface area (Å²) in [6.45, 7) is 2.06. The van der Waals surface area contributed by atoms with Crippen LogP contribution in [0, 0.1) is 0 Å². The SMILES string of the molecule is COc1ccccc1Sc1ccc(C=CC(=O)NCCCN2CCCC2=O)c(Cl)c1. The van der Waals surface area contributed by atoms with E-state index >= 15 is 0 Å². The Balaban J connectivity index is 1.49. The topological polar surface area (TPSA) is 58.6 Å². The molecule has 1 N–H and O–H groups in total. The zero-order chi connectivity index (χ0) is 21.3. The maximum Gasteiger partial charge on any atom is 0.244 e. The van der Waals surface area contributed by atoms with E-state index in [0.717, 1.165) is 40.5 Å². The molecule has 30 heavy (non-hydrogen) atoms. The number of hydrogen-bond acceptors (Lipinski definition) is 4. The number of carbonyl (C=O) groups is 2. The van der Waals surface area contributed by atoms with Gasteiger partial charge in [0, 0.05) is 42.0 Å². The van der Waals surface area contributed by atoms with E-state index in [0.29, 0.717) is 24.5 Å². The quantitative estimate of drug-likeness (QED) is 0.452. The average Bonchev–Trinajstić information content (AvgIpc) is 3.15. The van der Waals surface area contributed by atoms with Gasteiger partial charge in [-0.15, -0.1) is 0 Å². The van der Waals surface area contributed by atoms with Crippen molar-refractivity contribution >= 4 is 41.3 Å². The Morgan fingerprint density at radius 1 is 1.30 bits per heavy atom. The van der Waals surface area contributed by atoms with Crippen molar-refractivity contribution in [3.8, 4) is 5.75 Å². The van der Waals surface area contributed by atoms with Crippen LogP contribution in [0.4, 0.5) is 0 Å². The molecule has 5 nitrogen and oxygen atoms in total. The third-order valence-corrected chi connectivity index (χ3v) is 6.13. The number of amides is 2. The summed E-state index contributed by atoms with van der Waals surface area (Å²) in [6, 6.07) is 13.5. The first-order valence-corrected chi connectivity index (χ1v) is 11.1. The van der Waals surface area contributed by atoms with Crippen LogP contribution in [0.2, 0.25) is 5.02 Å². The summed E-state index contributed by atoms with van der Waals surface area (Å²) >= 11 is 7.97. The molecule has 0 unspecified atom stereocenters. The van der Waals surface area contributed by atoms with Gasteiger partial charge in [-0.05, 0) is 48.7 Å². The highest BCUT2D eigenvalue weighted by Crippen LogP contribution is 2.36. The van der Waals surface area contributed by atoms with Crippen molar-refractivity contribution in [3.05, 3.63) is 59.1 Å². The highest BCUT2D eigenvalue weighted by atomic mass is 35.5. The third kappa shape index (κ3) is 6.28. The minimum Gasteiger partial charge on any atom is -0.496 e. The lowest BCUT2D eigenvalue weighted by molar-refractivity contribution is -0.127. The summed E-state index contributed by atoms with van der Waals surface area (Å²) in [5.74, 6) is 0.850. The van der Waals surface area contributed by atoms with Crippen molar-refractivity contribution in [2.75, 3.05) is 26.7 Å². The largest absolute Gasteiger partial charge is 0.496 e. The van der Waals surface area contributed by atoms with E-state index in [1.54, 1.807) is 24.9 Å². The number of likely N-dealkylation sites (tertiary alicyclic amines) is 1. The van der Waals surface area contributed by atoms with Gasteiger partial charge in [0.1, 0.15) is 5.75 Å². The standard InChI is InChI=1S/C23H25ClN2O3S/c1-29-20-6-2-3-7-21(20)30-18-11-9-17(19(24)16-18)10-12-22(27)25-13-5-15-26-14-4-8-23(26)28/h2-3,6-7,9-12,16H,4-5,8,13-15H2,1H3,(H,25,27). The number of para-hydroxylation sites is 1. The molecule has 2 aromatic carbocycles. The Kier molecular flexibility index (Phi) is 8.22. The summed E-state index contributed by atoms with van der Waals surface area (Å²) in [5, 5.41) is 3.42. The summed E-state index contributed by atoms with van der Waals surface area (Å²) in [5.41, 5.74) is 0.777. The highest BCUT2D eigenvalue weighted by Gasteiger charge is 2.18. The van der Waals surface area contributed by atoms with Gasteiger partial charge in [-0.2, -0.15) is 0 Å². The Labute approximate surface area is 186 Å². The van der Waals surface area contributed by atoms with Crippen molar-refractivity contribution in [2.24, 2.45) is 0 Å². The summed E-state index contributed by atoms with van der Waals surface area (Å²) in [4.78, 5) is 27.4. The van der Waals surface area contributed by atoms with Crippen LogP contribution in [0.3, 0.4) is 0 Å². The first-order chi connectivity index (χ1) is 14.6. The van der Waals surface area contributed by atoms with Crippen LogP contribution in [-0.4, -0.2) is 43.5 Å². The molecule has 2 aromatic rings. The van der Waals surface area contributed by atoms with Crippen LogP contribution in [0.5, 0.6) is 5.75 Å². The number of methoxy groups -OCH3 is 1. The smallest absolute Gasteiger partial charge is 0.244 e. The fourth-order valence-corrected chi connectivity index (χ4v) is 4.46. The van der Waals surface area contributed by atoms with Gasteiger partial charge in [0.25, 0.3) is 0 Å². The normalized spacial score (nSPS) is 13.8. The number of carbonyl (C=O) groups excluding carboxylic acids is 2. The molecule has 0 aliphatic carbocycles. The van der Waals surface area contributed by atoms with Gasteiger partial charge in [0.15, 0.2) is 0 Å². The van der Waals surface area contributed by atoms with E-state index in [1.807, 2.05) is 47.4 Å². The van der Waals surface area contributed by atoms with Gasteiger partial charge in [0.2, 0.25) is 11.8 Å². The molecular weight excluding hydrogens is 420 g/mol. The van der Waals surface area contributed by atoms with Gasteiger partial charge >= 0.3 is 0 Å². The molecule has 0 radical (unpaired) electrons. The fraction of sp³-hybridized carbons (Fsp3) is 0.304. The number of ether oxygens (including phenoxy) is 1. The lowest BCUT2D eigenvalue weighted by atomic mass is 10.2. The number of halogens is 1. The summed E-state index contributed by atoms with van der Waals surface area (Å²) in [6.07, 6.45) is 5.52. The van der Waals surface area contributed by atoms with E-state index in [2.05, 4.69) is 5.32 Å². The second kappa shape index (κ2) is 11.1. The van der Waals surface area contributed by atoms with Gasteiger partial charge in [0.05, 0.1) is 12.0 Å². The van der Waals surface area contributed by atoms with Gasteiger partial charge in [-0.1, -0.05) is 41.6 Å². The lowest BCUT2D eigenvalue weighted by Gasteiger charge is -2.14. The number of rotatable bonds is 9. The second-order valence-corrected chi connectivity index (χ2v) is 8.42. The molecule has 0 bridgehead atoms. The monoisotopic (exact) mass is 444 g/mol. The Hall–Kier alpha value is -2.44. The molecule has 7 heteroatoms. The van der Waals surface area contributed by atoms with Crippen molar-refractivity contribution in [1.82, 2.24) is 10.2 Å². The number of nitrogens with zero attached hydrogens (tertiary/aromatic N) is 1. The molecule has 3 rings (SSSR count). The van der Waals surface area contributed by atoms with Gasteiger partial charge < -0.3 is 15.0 Å². The van der Waals surface area contributed by atoms with Crippen molar-refractivity contribution < 1.29 is 14.3 Å². The predicted octanol–water partition coefficient (Wildman–Crippen LogP) is 4.64. The first-order valence-electron chi connectivity index (χ1n) is 9.91. The Morgan fingerprint density at radius 2 is 2.13 bits per heavy atom. The van der Waals surface area contributed by atoms with Gasteiger partial charge in [-0.3, -0.25) is 9.59 Å². The molecular formula is C23H25ClN2O3S. The van der Waals surface area contributed by atoms with E-state index < -0.39 is 0 Å².